The minimum absolute atomic E-state index is 0.178. The second-order valence-corrected chi connectivity index (χ2v) is 7.15. The van der Waals surface area contributed by atoms with E-state index in [-0.39, 0.29) is 16.7 Å². The first kappa shape index (κ1) is 18.1. The van der Waals surface area contributed by atoms with Crippen molar-refractivity contribution >= 4 is 23.3 Å². The second-order valence-electron chi connectivity index (χ2n) is 6.74. The van der Waals surface area contributed by atoms with Gasteiger partial charge in [-0.15, -0.1) is 0 Å². The van der Waals surface area contributed by atoms with Gasteiger partial charge in [0.2, 0.25) is 0 Å². The number of nitrogens with zero attached hydrogens (tertiary/aromatic N) is 3. The quantitative estimate of drug-likeness (QED) is 0.696. The first-order chi connectivity index (χ1) is 12.8. The number of hydrogen-bond acceptors (Lipinski definition) is 2. The van der Waals surface area contributed by atoms with Gasteiger partial charge in [0.05, 0.1) is 10.6 Å². The highest BCUT2D eigenvalue weighted by Crippen LogP contribution is 2.43. The molecule has 0 aliphatic carbocycles. The lowest BCUT2D eigenvalue weighted by molar-refractivity contribution is -0.137. The Morgan fingerprint density at radius 3 is 2.44 bits per heavy atom. The smallest absolute Gasteiger partial charge is 0.271 e. The number of rotatable bonds is 2. The molecule has 0 radical (unpaired) electrons. The van der Waals surface area contributed by atoms with Crippen LogP contribution in [0.3, 0.4) is 0 Å². The van der Waals surface area contributed by atoms with Gasteiger partial charge in [-0.1, -0.05) is 41.4 Å². The minimum atomic E-state index is -4.59. The van der Waals surface area contributed by atoms with Crippen LogP contribution in [0.2, 0.25) is 5.02 Å². The molecule has 0 bridgehead atoms. The summed E-state index contributed by atoms with van der Waals surface area (Å²) < 4.78 is 39.9. The number of benzene rings is 2. The van der Waals surface area contributed by atoms with E-state index in [9.17, 15) is 18.0 Å². The van der Waals surface area contributed by atoms with Gasteiger partial charge in [-0.3, -0.25) is 9.91 Å². The minimum Gasteiger partial charge on any atom is -0.271 e. The van der Waals surface area contributed by atoms with Crippen molar-refractivity contribution in [1.29, 1.82) is 0 Å². The molecule has 2 aromatic carbocycles. The van der Waals surface area contributed by atoms with E-state index in [4.69, 9.17) is 11.6 Å². The molecule has 4 rings (SSSR count). The van der Waals surface area contributed by atoms with Crippen LogP contribution in [0.1, 0.15) is 29.3 Å². The van der Waals surface area contributed by atoms with E-state index in [2.05, 4.69) is 0 Å². The number of carbonyl (C=O) groups is 1. The highest BCUT2D eigenvalue weighted by atomic mass is 35.5. The number of alkyl halides is 3. The molecule has 2 fully saturated rings. The maximum absolute atomic E-state index is 13.3. The average Bonchev–Trinajstić information content (AvgIpc) is 3.18. The third kappa shape index (κ3) is 3.04. The molecule has 2 saturated heterocycles. The van der Waals surface area contributed by atoms with Crippen molar-refractivity contribution in [2.75, 3.05) is 18.0 Å². The molecule has 0 N–H and O–H groups in total. The first-order valence-electron chi connectivity index (χ1n) is 8.58. The van der Waals surface area contributed by atoms with Crippen molar-refractivity contribution in [3.8, 4) is 0 Å². The number of carbonyl (C=O) groups excluding carboxylic acids is 1. The Kier molecular flexibility index (Phi) is 4.31. The van der Waals surface area contributed by atoms with Crippen LogP contribution in [-0.4, -0.2) is 29.1 Å². The molecular formula is C19H17ClF3N3O. The van der Waals surface area contributed by atoms with Gasteiger partial charge in [0.15, 0.2) is 0 Å². The summed E-state index contributed by atoms with van der Waals surface area (Å²) in [6.45, 7) is 3.18. The largest absolute Gasteiger partial charge is 0.417 e. The van der Waals surface area contributed by atoms with E-state index < -0.39 is 17.9 Å². The number of halogens is 4. The fraction of sp³-hybridized carbons (Fsp3) is 0.316. The van der Waals surface area contributed by atoms with Gasteiger partial charge in [0.1, 0.15) is 6.17 Å². The molecule has 142 valence electrons. The molecule has 0 aromatic heterocycles. The van der Waals surface area contributed by atoms with Crippen LogP contribution in [0.25, 0.3) is 0 Å². The highest BCUT2D eigenvalue weighted by Gasteiger charge is 2.48. The van der Waals surface area contributed by atoms with E-state index in [1.165, 1.54) is 17.0 Å². The predicted molar refractivity (Wildman–Crippen MR) is 96.3 cm³/mol. The van der Waals surface area contributed by atoms with Crippen molar-refractivity contribution in [3.63, 3.8) is 0 Å². The van der Waals surface area contributed by atoms with Crippen molar-refractivity contribution in [2.24, 2.45) is 0 Å². The lowest BCUT2D eigenvalue weighted by atomic mass is 10.1. The lowest BCUT2D eigenvalue weighted by Crippen LogP contribution is -2.32. The number of amides is 2. The van der Waals surface area contributed by atoms with Gasteiger partial charge < -0.3 is 0 Å². The third-order valence-corrected chi connectivity index (χ3v) is 5.26. The fourth-order valence-corrected chi connectivity index (χ4v) is 3.87. The SMILES string of the molecule is Cc1ccc([C@H]2N(c3ccc(Cl)c(C(F)(F)F)c3)C(=O)N3CCCN23)cc1. The topological polar surface area (TPSA) is 26.8 Å². The monoisotopic (exact) mass is 395 g/mol. The standard InChI is InChI=1S/C19H17ClF3N3O/c1-12-3-5-13(6-4-12)17-24-9-2-10-25(24)18(27)26(17)14-7-8-16(20)15(11-14)19(21,22)23/h3-8,11,17H,2,9-10H2,1H3/t17-/m1/s1. The lowest BCUT2D eigenvalue weighted by Gasteiger charge is -2.28. The summed E-state index contributed by atoms with van der Waals surface area (Å²) in [6.07, 6.45) is -4.25. The summed E-state index contributed by atoms with van der Waals surface area (Å²) >= 11 is 5.75. The Balaban J connectivity index is 1.82. The number of urea groups is 1. The van der Waals surface area contributed by atoms with Crippen LogP contribution in [0, 0.1) is 6.92 Å². The molecule has 4 nitrogen and oxygen atoms in total. The van der Waals surface area contributed by atoms with E-state index >= 15 is 0 Å². The van der Waals surface area contributed by atoms with Gasteiger partial charge in [-0.25, -0.2) is 4.79 Å². The number of hydrazine groups is 1. The van der Waals surface area contributed by atoms with Gasteiger partial charge in [-0.05, 0) is 37.1 Å². The summed E-state index contributed by atoms with van der Waals surface area (Å²) in [5, 5.41) is 3.13. The normalized spacial score (nSPS) is 20.5. The van der Waals surface area contributed by atoms with Gasteiger partial charge in [0, 0.05) is 18.8 Å². The zero-order chi connectivity index (χ0) is 19.3. The molecule has 2 amide bonds. The fourth-order valence-electron chi connectivity index (χ4n) is 3.65. The Bertz CT molecular complexity index is 885. The summed E-state index contributed by atoms with van der Waals surface area (Å²) in [6, 6.07) is 10.9. The zero-order valence-corrected chi connectivity index (χ0v) is 15.3. The molecule has 2 aliphatic rings. The Hall–Kier alpha value is -2.25. The van der Waals surface area contributed by atoms with E-state index in [1.807, 2.05) is 36.2 Å². The summed E-state index contributed by atoms with van der Waals surface area (Å²) in [5.74, 6) is 0. The molecule has 0 saturated carbocycles. The van der Waals surface area contributed by atoms with Crippen LogP contribution in [0.15, 0.2) is 42.5 Å². The Morgan fingerprint density at radius 2 is 1.78 bits per heavy atom. The molecule has 0 spiro atoms. The van der Waals surface area contributed by atoms with Crippen molar-refractivity contribution < 1.29 is 18.0 Å². The number of aryl methyl sites for hydroxylation is 1. The highest BCUT2D eigenvalue weighted by molar-refractivity contribution is 6.31. The molecule has 2 aliphatic heterocycles. The van der Waals surface area contributed by atoms with Gasteiger partial charge in [-0.2, -0.15) is 18.2 Å². The second kappa shape index (κ2) is 6.42. The van der Waals surface area contributed by atoms with Crippen LogP contribution in [-0.2, 0) is 6.18 Å². The maximum Gasteiger partial charge on any atom is 0.417 e. The molecule has 2 heterocycles. The van der Waals surface area contributed by atoms with E-state index in [0.717, 1.165) is 23.6 Å². The van der Waals surface area contributed by atoms with Crippen molar-refractivity contribution in [2.45, 2.75) is 25.7 Å². The van der Waals surface area contributed by atoms with Crippen LogP contribution in [0.4, 0.5) is 23.7 Å². The first-order valence-corrected chi connectivity index (χ1v) is 8.96. The zero-order valence-electron chi connectivity index (χ0n) is 14.5. The molecule has 2 aromatic rings. The molecule has 0 unspecified atom stereocenters. The van der Waals surface area contributed by atoms with Crippen molar-refractivity contribution in [1.82, 2.24) is 10.0 Å². The summed E-state index contributed by atoms with van der Waals surface area (Å²) in [7, 11) is 0. The van der Waals surface area contributed by atoms with Crippen LogP contribution < -0.4 is 4.90 Å². The van der Waals surface area contributed by atoms with Crippen molar-refractivity contribution in [3.05, 3.63) is 64.2 Å². The predicted octanol–water partition coefficient (Wildman–Crippen LogP) is 5.23. The molecule has 8 heteroatoms. The average molecular weight is 396 g/mol. The Morgan fingerprint density at radius 1 is 1.07 bits per heavy atom. The number of fused-ring (bicyclic) bond motifs is 1. The Labute approximate surface area is 159 Å². The molecular weight excluding hydrogens is 379 g/mol. The van der Waals surface area contributed by atoms with Crippen LogP contribution >= 0.6 is 11.6 Å². The number of anilines is 1. The van der Waals surface area contributed by atoms with Crippen LogP contribution in [0.5, 0.6) is 0 Å². The van der Waals surface area contributed by atoms with E-state index in [1.54, 1.807) is 5.01 Å². The van der Waals surface area contributed by atoms with Gasteiger partial charge >= 0.3 is 12.2 Å². The van der Waals surface area contributed by atoms with Gasteiger partial charge in [0.25, 0.3) is 0 Å². The number of hydrogen-bond donors (Lipinski definition) is 0. The molecule has 27 heavy (non-hydrogen) atoms. The third-order valence-electron chi connectivity index (χ3n) is 4.93. The maximum atomic E-state index is 13.3. The van der Waals surface area contributed by atoms with E-state index in [0.29, 0.717) is 13.1 Å². The molecule has 1 atom stereocenters. The summed E-state index contributed by atoms with van der Waals surface area (Å²) in [4.78, 5) is 14.4. The summed E-state index contributed by atoms with van der Waals surface area (Å²) in [5.41, 5.74) is 1.15.